The summed E-state index contributed by atoms with van der Waals surface area (Å²) in [5, 5.41) is 0.598. The molecule has 338 valence electrons. The summed E-state index contributed by atoms with van der Waals surface area (Å²) in [6.07, 6.45) is 39.3. The van der Waals surface area contributed by atoms with E-state index in [1.807, 2.05) is 11.5 Å². The molecule has 0 saturated carbocycles. The number of hydrogen-bond acceptors (Lipinski definition) is 10. The second-order valence-corrected chi connectivity index (χ2v) is 19.0. The van der Waals surface area contributed by atoms with Gasteiger partial charge in [0.2, 0.25) is 5.28 Å². The maximum Gasteiger partial charge on any atom is 0.305 e. The van der Waals surface area contributed by atoms with E-state index in [2.05, 4.69) is 46.1 Å². The van der Waals surface area contributed by atoms with Crippen molar-refractivity contribution >= 4 is 61.3 Å². The number of hydrogen-bond donors (Lipinski definition) is 0. The summed E-state index contributed by atoms with van der Waals surface area (Å²) in [4.78, 5) is 36.0. The van der Waals surface area contributed by atoms with Crippen LogP contribution in [0.4, 0.5) is 0 Å². The van der Waals surface area contributed by atoms with Crippen LogP contribution in [0.5, 0.6) is 0 Å². The van der Waals surface area contributed by atoms with Gasteiger partial charge in [-0.2, -0.15) is 4.98 Å². The Hall–Kier alpha value is -2.90. The Bertz CT molecular complexity index is 1900. The number of nitrogens with zero attached hydrogens (tertiary/aromatic N) is 8. The first kappa shape index (κ1) is 51.5. The molecule has 0 aliphatic carbocycles. The first-order valence-electron chi connectivity index (χ1n) is 23.0. The third kappa shape index (κ3) is 19.9. The Morgan fingerprint density at radius 2 is 1.10 bits per heavy atom. The van der Waals surface area contributed by atoms with Crippen molar-refractivity contribution in [1.29, 1.82) is 0 Å². The minimum Gasteiger partial charge on any atom is -0.469 e. The Kier molecular flexibility index (Phi) is 25.9. The van der Waals surface area contributed by atoms with Gasteiger partial charge in [-0.1, -0.05) is 173 Å². The summed E-state index contributed by atoms with van der Waals surface area (Å²) in [6.45, 7) is 5.90. The number of methoxy groups -OCH3 is 1. The molecule has 0 atom stereocenters. The third-order valence-corrected chi connectivity index (χ3v) is 12.6. The highest BCUT2D eigenvalue weighted by Crippen LogP contribution is 2.24. The van der Waals surface area contributed by atoms with E-state index in [9.17, 15) is 13.2 Å². The van der Waals surface area contributed by atoms with Crippen LogP contribution in [0.3, 0.4) is 0 Å². The van der Waals surface area contributed by atoms with Gasteiger partial charge in [0.15, 0.2) is 31.3 Å². The zero-order valence-electron chi connectivity index (χ0n) is 37.2. The summed E-state index contributed by atoms with van der Waals surface area (Å²) >= 11 is 12.1. The monoisotopic (exact) mass is 892 g/mol. The lowest BCUT2D eigenvalue weighted by Crippen LogP contribution is -2.06. The topological polar surface area (TPSA) is 148 Å². The lowest BCUT2D eigenvalue weighted by Gasteiger charge is -2.07. The number of aryl methyl sites for hydroxylation is 3. The fourth-order valence-corrected chi connectivity index (χ4v) is 9.01. The number of aromatic nitrogens is 8. The van der Waals surface area contributed by atoms with Crippen LogP contribution in [0.1, 0.15) is 193 Å². The molecule has 0 aliphatic heterocycles. The van der Waals surface area contributed by atoms with Gasteiger partial charge >= 0.3 is 5.97 Å². The molecule has 15 heteroatoms. The van der Waals surface area contributed by atoms with Gasteiger partial charge < -0.3 is 13.9 Å². The van der Waals surface area contributed by atoms with Crippen molar-refractivity contribution in [2.75, 3.05) is 13.4 Å². The molecule has 0 unspecified atom stereocenters. The molecule has 0 amide bonds. The Morgan fingerprint density at radius 1 is 0.617 bits per heavy atom. The summed E-state index contributed by atoms with van der Waals surface area (Å²) < 4.78 is 32.6. The Balaban J connectivity index is 0.000000323. The van der Waals surface area contributed by atoms with Gasteiger partial charge in [0.1, 0.15) is 23.2 Å². The summed E-state index contributed by atoms with van der Waals surface area (Å²) in [6, 6.07) is 0. The van der Waals surface area contributed by atoms with Crippen LogP contribution in [0, 0.1) is 6.92 Å². The number of ether oxygens (including phenoxy) is 1. The average Bonchev–Trinajstić information content (AvgIpc) is 3.78. The maximum atomic E-state index is 12.0. The highest BCUT2D eigenvalue weighted by atomic mass is 35.5. The Morgan fingerprint density at radius 3 is 1.60 bits per heavy atom. The van der Waals surface area contributed by atoms with E-state index in [-0.39, 0.29) is 16.3 Å². The largest absolute Gasteiger partial charge is 0.469 e. The smallest absolute Gasteiger partial charge is 0.305 e. The van der Waals surface area contributed by atoms with E-state index in [4.69, 9.17) is 23.2 Å². The number of carbonyl (C=O) groups is 1. The molecule has 0 spiro atoms. The lowest BCUT2D eigenvalue weighted by atomic mass is 10.0. The molecule has 4 aromatic rings. The number of fused-ring (bicyclic) bond motifs is 2. The molecule has 0 fully saturated rings. The fourth-order valence-electron chi connectivity index (χ4n) is 7.74. The van der Waals surface area contributed by atoms with Crippen LogP contribution in [-0.4, -0.2) is 66.8 Å². The molecular weight excluding hydrogens is 820 g/mol. The third-order valence-electron chi connectivity index (χ3n) is 11.2. The van der Waals surface area contributed by atoms with E-state index in [0.29, 0.717) is 28.4 Å². The van der Waals surface area contributed by atoms with Gasteiger partial charge in [-0.15, -0.1) is 0 Å². The van der Waals surface area contributed by atoms with Crippen LogP contribution in [0.25, 0.3) is 22.3 Å². The maximum absolute atomic E-state index is 12.0. The quantitative estimate of drug-likeness (QED) is 0.0201. The van der Waals surface area contributed by atoms with Crippen LogP contribution >= 0.6 is 23.2 Å². The van der Waals surface area contributed by atoms with Crippen molar-refractivity contribution < 1.29 is 17.9 Å². The number of imidazole rings is 2. The van der Waals surface area contributed by atoms with E-state index in [1.54, 1.807) is 6.33 Å². The molecule has 0 saturated heterocycles. The van der Waals surface area contributed by atoms with Crippen molar-refractivity contribution in [1.82, 2.24) is 39.0 Å². The molecule has 4 rings (SSSR count). The summed E-state index contributed by atoms with van der Waals surface area (Å²) in [5.41, 5.74) is 2.34. The standard InChI is InChI=1S/C23H38N4O4S.C22H36Cl2N4/c1-31-20(28)16-14-12-10-8-6-4-3-5-7-9-11-13-15-17-27-19-26-22-21(27)23(25-18-24-22)32(2,29)30;1-3-4-5-6-7-8-9-10-11-12-13-14-15-16-17-28-18(2)25-21-19(28)20(23)26-22(24)27-21/h18-19H,3-17H2,1-2H3;3-17H2,1-2H3. The van der Waals surface area contributed by atoms with Crippen molar-refractivity contribution in [3.05, 3.63) is 28.9 Å². The van der Waals surface area contributed by atoms with Crippen molar-refractivity contribution in [2.24, 2.45) is 0 Å². The molecule has 0 aromatic carbocycles. The van der Waals surface area contributed by atoms with Crippen molar-refractivity contribution in [3.8, 4) is 0 Å². The molecule has 4 heterocycles. The zero-order chi connectivity index (χ0) is 43.4. The predicted octanol–water partition coefficient (Wildman–Crippen LogP) is 12.8. The molecule has 0 radical (unpaired) electrons. The molecule has 4 aromatic heterocycles. The normalized spacial score (nSPS) is 11.7. The number of carbonyl (C=O) groups excluding carboxylic acids is 1. The predicted molar refractivity (Wildman–Crippen MR) is 245 cm³/mol. The van der Waals surface area contributed by atoms with Crippen molar-refractivity contribution in [2.45, 2.75) is 212 Å². The first-order valence-corrected chi connectivity index (χ1v) is 25.7. The second-order valence-electron chi connectivity index (χ2n) is 16.3. The van der Waals surface area contributed by atoms with Gasteiger partial charge in [0.05, 0.1) is 13.4 Å². The van der Waals surface area contributed by atoms with Crippen LogP contribution in [-0.2, 0) is 32.5 Å². The van der Waals surface area contributed by atoms with Crippen LogP contribution in [0.15, 0.2) is 17.7 Å². The highest BCUT2D eigenvalue weighted by molar-refractivity contribution is 7.90. The van der Waals surface area contributed by atoms with Crippen LogP contribution in [0.2, 0.25) is 10.4 Å². The fraction of sp³-hybridized carbons (Fsp3) is 0.756. The Labute approximate surface area is 370 Å². The van der Waals surface area contributed by atoms with E-state index < -0.39 is 9.84 Å². The second kappa shape index (κ2) is 30.2. The average molecular weight is 894 g/mol. The number of unbranched alkanes of at least 4 members (excludes halogenated alkanes) is 25. The van der Waals surface area contributed by atoms with Gasteiger partial charge in [0.25, 0.3) is 0 Å². The summed E-state index contributed by atoms with van der Waals surface area (Å²) in [7, 11) is -1.97. The number of halogens is 2. The lowest BCUT2D eigenvalue weighted by molar-refractivity contribution is -0.140. The first-order chi connectivity index (χ1) is 29.1. The molecule has 0 N–H and O–H groups in total. The van der Waals surface area contributed by atoms with Gasteiger partial charge in [0, 0.05) is 25.8 Å². The van der Waals surface area contributed by atoms with Gasteiger partial charge in [-0.25, -0.2) is 33.3 Å². The zero-order valence-corrected chi connectivity index (χ0v) is 39.6. The van der Waals surface area contributed by atoms with Gasteiger partial charge in [-0.3, -0.25) is 4.79 Å². The van der Waals surface area contributed by atoms with E-state index >= 15 is 0 Å². The number of sulfone groups is 1. The molecule has 0 aliphatic rings. The van der Waals surface area contributed by atoms with E-state index in [1.165, 1.54) is 161 Å². The summed E-state index contributed by atoms with van der Waals surface area (Å²) in [5.74, 6) is 0.819. The molecular formula is C45H74Cl2N8O4S. The van der Waals surface area contributed by atoms with Crippen LogP contribution < -0.4 is 0 Å². The van der Waals surface area contributed by atoms with E-state index in [0.717, 1.165) is 56.5 Å². The highest BCUT2D eigenvalue weighted by Gasteiger charge is 2.19. The minimum atomic E-state index is -3.41. The molecule has 0 bridgehead atoms. The molecule has 60 heavy (non-hydrogen) atoms. The number of esters is 1. The van der Waals surface area contributed by atoms with Crippen molar-refractivity contribution in [3.63, 3.8) is 0 Å². The minimum absolute atomic E-state index is 0.0567. The van der Waals surface area contributed by atoms with Gasteiger partial charge in [-0.05, 0) is 37.8 Å². The SMILES string of the molecule is CCCCCCCCCCCCCCCCn1c(C)nc2nc(Cl)nc(Cl)c21.COC(=O)CCCCCCCCCCCCCCCn1cnc2ncnc(S(C)(=O)=O)c21. The molecule has 12 nitrogen and oxygen atoms in total. The number of rotatable bonds is 32.